The van der Waals surface area contributed by atoms with Crippen molar-refractivity contribution in [2.45, 2.75) is 4.90 Å². The highest BCUT2D eigenvalue weighted by Crippen LogP contribution is 2.32. The monoisotopic (exact) mass is 320 g/mol. The van der Waals surface area contributed by atoms with E-state index in [-0.39, 0.29) is 5.91 Å². The summed E-state index contributed by atoms with van der Waals surface area (Å²) in [4.78, 5) is 13.0. The maximum Gasteiger partial charge on any atom is 0.230 e. The molecule has 1 saturated heterocycles. The van der Waals surface area contributed by atoms with Crippen molar-refractivity contribution in [3.63, 3.8) is 0 Å². The van der Waals surface area contributed by atoms with Crippen molar-refractivity contribution in [3.8, 4) is 0 Å². The molecular formula is C16H17ClN2OS. The second kappa shape index (κ2) is 6.69. The molecule has 0 unspecified atom stereocenters. The lowest BCUT2D eigenvalue weighted by Gasteiger charge is -2.27. The highest BCUT2D eigenvalue weighted by molar-refractivity contribution is 8.00. The molecule has 3 nitrogen and oxygen atoms in total. The normalized spacial score (nSPS) is 14.9. The largest absolute Gasteiger partial charge is 0.355 e. The molecule has 1 amide bonds. The van der Waals surface area contributed by atoms with Gasteiger partial charge in [0, 0.05) is 40.9 Å². The molecule has 3 rings (SSSR count). The molecule has 2 aromatic rings. The van der Waals surface area contributed by atoms with Crippen LogP contribution in [0.3, 0.4) is 0 Å². The van der Waals surface area contributed by atoms with Gasteiger partial charge in [0.25, 0.3) is 0 Å². The molecule has 1 fully saturated rings. The number of carbonyl (C=O) groups is 1. The van der Waals surface area contributed by atoms with Crippen molar-refractivity contribution in [3.05, 3.63) is 41.4 Å². The lowest BCUT2D eigenvalue weighted by atomic mass is 10.0. The van der Waals surface area contributed by atoms with Crippen LogP contribution in [0.4, 0.5) is 0 Å². The molecule has 1 heterocycles. The number of carbonyl (C=O) groups excluding carboxylic acids is 1. The summed E-state index contributed by atoms with van der Waals surface area (Å²) in [5.41, 5.74) is 0. The quantitative estimate of drug-likeness (QED) is 0.832. The Hall–Kier alpha value is -1.23. The molecule has 0 radical (unpaired) electrons. The number of halogens is 1. The van der Waals surface area contributed by atoms with Crippen LogP contribution in [-0.4, -0.2) is 31.3 Å². The molecule has 21 heavy (non-hydrogen) atoms. The number of benzene rings is 2. The van der Waals surface area contributed by atoms with Crippen LogP contribution in [0.1, 0.15) is 0 Å². The van der Waals surface area contributed by atoms with Crippen LogP contribution in [0, 0.1) is 5.92 Å². The number of amides is 1. The van der Waals surface area contributed by atoms with E-state index >= 15 is 0 Å². The number of rotatable bonds is 5. The van der Waals surface area contributed by atoms with Gasteiger partial charge in [-0.15, -0.1) is 11.8 Å². The lowest BCUT2D eigenvalue weighted by molar-refractivity contribution is -0.118. The third kappa shape index (κ3) is 3.51. The summed E-state index contributed by atoms with van der Waals surface area (Å²) >= 11 is 7.82. The Morgan fingerprint density at radius 3 is 2.76 bits per heavy atom. The van der Waals surface area contributed by atoms with E-state index in [9.17, 15) is 4.79 Å². The van der Waals surface area contributed by atoms with Gasteiger partial charge in [-0.05, 0) is 17.5 Å². The minimum absolute atomic E-state index is 0.0796. The highest BCUT2D eigenvalue weighted by Gasteiger charge is 2.17. The SMILES string of the molecule is O=C(CSc1cccc2cccc(Cl)c12)NCC1CNC1. The molecule has 110 valence electrons. The minimum Gasteiger partial charge on any atom is -0.355 e. The number of hydrogen-bond donors (Lipinski definition) is 2. The summed E-state index contributed by atoms with van der Waals surface area (Å²) in [7, 11) is 0. The number of thioether (sulfide) groups is 1. The van der Waals surface area contributed by atoms with Crippen LogP contribution in [0.15, 0.2) is 41.3 Å². The smallest absolute Gasteiger partial charge is 0.230 e. The Morgan fingerprint density at radius 2 is 2.05 bits per heavy atom. The Bertz CT molecular complexity index is 653. The van der Waals surface area contributed by atoms with E-state index < -0.39 is 0 Å². The van der Waals surface area contributed by atoms with E-state index in [4.69, 9.17) is 11.6 Å². The first-order chi connectivity index (χ1) is 10.2. The van der Waals surface area contributed by atoms with Gasteiger partial charge >= 0.3 is 0 Å². The second-order valence-corrected chi connectivity index (χ2v) is 6.64. The summed E-state index contributed by atoms with van der Waals surface area (Å²) in [5.74, 6) is 1.09. The Balaban J connectivity index is 1.63. The molecule has 1 aliphatic rings. The molecule has 0 aromatic heterocycles. The van der Waals surface area contributed by atoms with Crippen LogP contribution in [0.5, 0.6) is 0 Å². The van der Waals surface area contributed by atoms with Gasteiger partial charge in [0.15, 0.2) is 0 Å². The first kappa shape index (κ1) is 14.7. The zero-order valence-electron chi connectivity index (χ0n) is 11.6. The minimum atomic E-state index is 0.0796. The standard InChI is InChI=1S/C16H17ClN2OS/c17-13-5-1-3-12-4-2-6-14(16(12)13)21-10-15(20)19-9-11-7-18-8-11/h1-6,11,18H,7-10H2,(H,19,20). The molecule has 1 aliphatic heterocycles. The fourth-order valence-electron chi connectivity index (χ4n) is 2.33. The van der Waals surface area contributed by atoms with Gasteiger partial charge in [0.1, 0.15) is 0 Å². The first-order valence-corrected chi connectivity index (χ1v) is 8.38. The first-order valence-electron chi connectivity index (χ1n) is 7.01. The summed E-state index contributed by atoms with van der Waals surface area (Å²) in [6.07, 6.45) is 0. The van der Waals surface area contributed by atoms with Crippen molar-refractivity contribution < 1.29 is 4.79 Å². The van der Waals surface area contributed by atoms with Crippen LogP contribution in [-0.2, 0) is 4.79 Å². The number of nitrogens with one attached hydrogen (secondary N) is 2. The van der Waals surface area contributed by atoms with Gasteiger partial charge in [-0.25, -0.2) is 0 Å². The van der Waals surface area contributed by atoms with E-state index in [1.807, 2.05) is 36.4 Å². The third-order valence-corrected chi connectivity index (χ3v) is 5.00. The molecule has 0 bridgehead atoms. The maximum absolute atomic E-state index is 11.9. The predicted octanol–water partition coefficient (Wildman–Crippen LogP) is 2.92. The summed E-state index contributed by atoms with van der Waals surface area (Å²) in [6, 6.07) is 11.9. The Kier molecular flexibility index (Phi) is 4.68. The fraction of sp³-hybridized carbons (Fsp3) is 0.312. The molecule has 0 atom stereocenters. The van der Waals surface area contributed by atoms with Crippen molar-refractivity contribution in [2.24, 2.45) is 5.92 Å². The van der Waals surface area contributed by atoms with Crippen molar-refractivity contribution in [1.82, 2.24) is 10.6 Å². The highest BCUT2D eigenvalue weighted by atomic mass is 35.5. The van der Waals surface area contributed by atoms with E-state index in [0.717, 1.165) is 40.3 Å². The van der Waals surface area contributed by atoms with Crippen LogP contribution >= 0.6 is 23.4 Å². The van der Waals surface area contributed by atoms with Crippen LogP contribution in [0.25, 0.3) is 10.8 Å². The molecular weight excluding hydrogens is 304 g/mol. The topological polar surface area (TPSA) is 41.1 Å². The molecule has 2 N–H and O–H groups in total. The van der Waals surface area contributed by atoms with Gasteiger partial charge < -0.3 is 10.6 Å². The van der Waals surface area contributed by atoms with Gasteiger partial charge in [0.2, 0.25) is 5.91 Å². The molecule has 0 aliphatic carbocycles. The van der Waals surface area contributed by atoms with Crippen LogP contribution < -0.4 is 10.6 Å². The van der Waals surface area contributed by atoms with Crippen molar-refractivity contribution in [1.29, 1.82) is 0 Å². The van der Waals surface area contributed by atoms with Crippen molar-refractivity contribution in [2.75, 3.05) is 25.4 Å². The fourth-order valence-corrected chi connectivity index (χ4v) is 3.60. The van der Waals surface area contributed by atoms with E-state index in [2.05, 4.69) is 10.6 Å². The number of hydrogen-bond acceptors (Lipinski definition) is 3. The molecule has 5 heteroatoms. The molecule has 0 saturated carbocycles. The third-order valence-electron chi connectivity index (χ3n) is 3.63. The summed E-state index contributed by atoms with van der Waals surface area (Å²) in [6.45, 7) is 2.78. The summed E-state index contributed by atoms with van der Waals surface area (Å²) < 4.78 is 0. The zero-order chi connectivity index (χ0) is 14.7. The number of fused-ring (bicyclic) bond motifs is 1. The van der Waals surface area contributed by atoms with Gasteiger partial charge in [-0.2, -0.15) is 0 Å². The predicted molar refractivity (Wildman–Crippen MR) is 89.1 cm³/mol. The van der Waals surface area contributed by atoms with Gasteiger partial charge in [-0.1, -0.05) is 35.9 Å². The zero-order valence-corrected chi connectivity index (χ0v) is 13.1. The van der Waals surface area contributed by atoms with Gasteiger partial charge in [0.05, 0.1) is 5.75 Å². The average Bonchev–Trinajstić information content (AvgIpc) is 2.43. The molecule has 0 spiro atoms. The summed E-state index contributed by atoms with van der Waals surface area (Å²) in [5, 5.41) is 9.05. The molecule has 2 aromatic carbocycles. The second-order valence-electron chi connectivity index (χ2n) is 5.21. The van der Waals surface area contributed by atoms with E-state index in [0.29, 0.717) is 11.7 Å². The van der Waals surface area contributed by atoms with Crippen molar-refractivity contribution >= 4 is 40.0 Å². The lowest BCUT2D eigenvalue weighted by Crippen LogP contribution is -2.48. The van der Waals surface area contributed by atoms with Gasteiger partial charge in [-0.3, -0.25) is 4.79 Å². The Labute approximate surface area is 133 Å². The van der Waals surface area contributed by atoms with E-state index in [1.165, 1.54) is 11.8 Å². The Morgan fingerprint density at radius 1 is 1.29 bits per heavy atom. The average molecular weight is 321 g/mol. The maximum atomic E-state index is 11.9. The van der Waals surface area contributed by atoms with E-state index in [1.54, 1.807) is 0 Å². The van der Waals surface area contributed by atoms with Crippen LogP contribution in [0.2, 0.25) is 5.02 Å².